The third-order valence-corrected chi connectivity index (χ3v) is 4.36. The molecule has 0 bridgehead atoms. The third kappa shape index (κ3) is 5.56. The molecule has 0 N–H and O–H groups in total. The molecule has 0 spiro atoms. The van der Waals surface area contributed by atoms with Crippen molar-refractivity contribution in [1.82, 2.24) is 0 Å². The summed E-state index contributed by atoms with van der Waals surface area (Å²) in [6, 6.07) is 0. The zero-order valence-corrected chi connectivity index (χ0v) is 13.5. The van der Waals surface area contributed by atoms with Gasteiger partial charge in [-0.1, -0.05) is 40.7 Å². The van der Waals surface area contributed by atoms with Crippen LogP contribution in [0.5, 0.6) is 0 Å². The first-order valence-electron chi connectivity index (χ1n) is 6.78. The van der Waals surface area contributed by atoms with Gasteiger partial charge in [0.2, 0.25) is 0 Å². The minimum Gasteiger partial charge on any atom is -0.462 e. The van der Waals surface area contributed by atoms with Gasteiger partial charge in [0.05, 0.1) is 6.61 Å². The summed E-state index contributed by atoms with van der Waals surface area (Å²) < 4.78 is 5.21. The van der Waals surface area contributed by atoms with Crippen LogP contribution in [0.25, 0.3) is 0 Å². The van der Waals surface area contributed by atoms with Gasteiger partial charge in [-0.2, -0.15) is 0 Å². The van der Waals surface area contributed by atoms with Gasteiger partial charge in [-0.15, -0.1) is 11.6 Å². The molecule has 2 unspecified atom stereocenters. The molecular weight excluding hydrogens is 260 g/mol. The number of alkyl halides is 1. The summed E-state index contributed by atoms with van der Waals surface area (Å²) in [5.41, 5.74) is 0.417. The lowest BCUT2D eigenvalue weighted by molar-refractivity contribution is -0.139. The van der Waals surface area contributed by atoms with E-state index in [1.54, 1.807) is 6.92 Å². The number of hydrogen-bond acceptors (Lipinski definition) is 2. The van der Waals surface area contributed by atoms with Crippen LogP contribution in [0.2, 0.25) is 0 Å². The molecule has 0 rings (SSSR count). The minimum absolute atomic E-state index is 0.0191. The molecule has 2 nitrogen and oxygen atoms in total. The van der Waals surface area contributed by atoms with E-state index in [-0.39, 0.29) is 11.4 Å². The van der Waals surface area contributed by atoms with Crippen molar-refractivity contribution in [2.45, 2.75) is 47.0 Å². The van der Waals surface area contributed by atoms with Crippen LogP contribution >= 0.6 is 11.6 Å². The molecule has 0 aliphatic heterocycles. The van der Waals surface area contributed by atoms with Gasteiger partial charge in [0.25, 0.3) is 0 Å². The first kappa shape index (κ1) is 18.5. The first-order valence-corrected chi connectivity index (χ1v) is 7.31. The third-order valence-electron chi connectivity index (χ3n) is 3.99. The van der Waals surface area contributed by atoms with Crippen LogP contribution in [0.15, 0.2) is 12.2 Å². The van der Waals surface area contributed by atoms with Gasteiger partial charge >= 0.3 is 5.97 Å². The molecule has 0 aliphatic rings. The maximum Gasteiger partial charge on any atom is 0.333 e. The number of ether oxygens (including phenoxy) is 1. The van der Waals surface area contributed by atoms with Crippen LogP contribution in [-0.4, -0.2) is 18.5 Å². The first-order chi connectivity index (χ1) is 8.79. The van der Waals surface area contributed by atoms with Crippen molar-refractivity contribution >= 4 is 17.6 Å². The lowest BCUT2D eigenvalue weighted by atomic mass is 9.66. The topological polar surface area (TPSA) is 26.3 Å². The van der Waals surface area contributed by atoms with Gasteiger partial charge in [0.15, 0.2) is 0 Å². The molecule has 3 heteroatoms. The van der Waals surface area contributed by atoms with Crippen LogP contribution in [0.1, 0.15) is 47.0 Å². The highest BCUT2D eigenvalue weighted by Gasteiger charge is 2.36. The van der Waals surface area contributed by atoms with E-state index in [1.165, 1.54) is 5.92 Å². The highest BCUT2D eigenvalue weighted by Crippen LogP contribution is 2.43. The van der Waals surface area contributed by atoms with Gasteiger partial charge in [-0.05, 0) is 37.0 Å². The summed E-state index contributed by atoms with van der Waals surface area (Å²) in [4.78, 5) is 11.4. The van der Waals surface area contributed by atoms with Gasteiger partial charge in [-0.3, -0.25) is 0 Å². The zero-order chi connectivity index (χ0) is 15.1. The molecule has 2 radical (unpaired) electrons. The second-order valence-electron chi connectivity index (χ2n) is 5.58. The van der Waals surface area contributed by atoms with E-state index < -0.39 is 0 Å². The molecule has 0 saturated carbocycles. The van der Waals surface area contributed by atoms with E-state index in [1.807, 2.05) is 0 Å². The molecule has 0 aromatic carbocycles. The summed E-state index contributed by atoms with van der Waals surface area (Å²) >= 11 is 6.10. The number of esters is 1. The van der Waals surface area contributed by atoms with Crippen molar-refractivity contribution in [2.75, 3.05) is 12.5 Å². The standard InChI is InChI=1S/C16H27ClO2/c1-7-8-14(11-17)16(6,13(4)5)9-10-19-15(18)12(2)3/h14H,1-2,7-11H2,3-6H3. The average molecular weight is 287 g/mol. The normalized spacial score (nSPS) is 15.9. The smallest absolute Gasteiger partial charge is 0.333 e. The molecule has 19 heavy (non-hydrogen) atoms. The summed E-state index contributed by atoms with van der Waals surface area (Å²) in [5, 5.41) is 0. The van der Waals surface area contributed by atoms with Crippen molar-refractivity contribution in [3.8, 4) is 0 Å². The predicted octanol–water partition coefficient (Wildman–Crippen LogP) is 4.59. The van der Waals surface area contributed by atoms with Crippen molar-refractivity contribution in [3.05, 3.63) is 25.0 Å². The Bertz CT molecular complexity index is 299. The molecule has 0 heterocycles. The highest BCUT2D eigenvalue weighted by atomic mass is 35.5. The van der Waals surface area contributed by atoms with Crippen LogP contribution in [0.3, 0.4) is 0 Å². The number of halogens is 1. The van der Waals surface area contributed by atoms with Gasteiger partial charge < -0.3 is 4.74 Å². The van der Waals surface area contributed by atoms with Crippen molar-refractivity contribution < 1.29 is 9.53 Å². The van der Waals surface area contributed by atoms with E-state index in [9.17, 15) is 4.79 Å². The van der Waals surface area contributed by atoms with Crippen LogP contribution in [0.4, 0.5) is 0 Å². The highest BCUT2D eigenvalue weighted by molar-refractivity contribution is 6.18. The Kier molecular flexibility index (Phi) is 8.40. The molecular formula is C16H27ClO2. The van der Waals surface area contributed by atoms with Gasteiger partial charge in [0.1, 0.15) is 0 Å². The lowest BCUT2D eigenvalue weighted by Crippen LogP contribution is -2.34. The molecule has 0 fully saturated rings. The van der Waals surface area contributed by atoms with Crippen molar-refractivity contribution in [3.63, 3.8) is 0 Å². The SMILES string of the molecule is [CH2]CCC(CCl)C(C)(CCOC(=O)C(=C)C)[C](C)C. The van der Waals surface area contributed by atoms with Crippen LogP contribution < -0.4 is 0 Å². The quantitative estimate of drug-likeness (QED) is 0.352. The Hall–Kier alpha value is -0.500. The Morgan fingerprint density at radius 3 is 2.32 bits per heavy atom. The molecule has 0 aromatic rings. The van der Waals surface area contributed by atoms with Crippen LogP contribution in [0, 0.1) is 24.2 Å². The Labute approximate surface area is 123 Å². The van der Waals surface area contributed by atoms with Gasteiger partial charge in [0, 0.05) is 11.5 Å². The van der Waals surface area contributed by atoms with E-state index in [2.05, 4.69) is 34.3 Å². The minimum atomic E-state index is -0.323. The van der Waals surface area contributed by atoms with E-state index in [0.29, 0.717) is 24.0 Å². The Morgan fingerprint density at radius 1 is 1.37 bits per heavy atom. The average Bonchev–Trinajstić information content (AvgIpc) is 2.34. The summed E-state index contributed by atoms with van der Waals surface area (Å²) in [6.07, 6.45) is 2.64. The van der Waals surface area contributed by atoms with E-state index in [0.717, 1.165) is 19.3 Å². The zero-order valence-electron chi connectivity index (χ0n) is 12.7. The monoisotopic (exact) mass is 286 g/mol. The number of rotatable bonds is 9. The van der Waals surface area contributed by atoms with E-state index >= 15 is 0 Å². The largest absolute Gasteiger partial charge is 0.462 e. The second-order valence-corrected chi connectivity index (χ2v) is 5.89. The van der Waals surface area contributed by atoms with Crippen molar-refractivity contribution in [1.29, 1.82) is 0 Å². The van der Waals surface area contributed by atoms with Crippen LogP contribution in [-0.2, 0) is 9.53 Å². The second kappa shape index (κ2) is 8.63. The van der Waals surface area contributed by atoms with E-state index in [4.69, 9.17) is 16.3 Å². The molecule has 110 valence electrons. The van der Waals surface area contributed by atoms with Gasteiger partial charge in [-0.25, -0.2) is 4.79 Å². The predicted molar refractivity (Wildman–Crippen MR) is 81.9 cm³/mol. The molecule has 0 aromatic heterocycles. The summed E-state index contributed by atoms with van der Waals surface area (Å²) in [6.45, 7) is 16.0. The number of carbonyl (C=O) groups excluding carboxylic acids is 1. The fraction of sp³-hybridized carbons (Fsp3) is 0.688. The maximum absolute atomic E-state index is 11.4. The molecule has 0 amide bonds. The Morgan fingerprint density at radius 2 is 1.95 bits per heavy atom. The lowest BCUT2D eigenvalue weighted by Gasteiger charge is -2.40. The fourth-order valence-electron chi connectivity index (χ4n) is 2.15. The Balaban J connectivity index is 4.62. The molecule has 0 aliphatic carbocycles. The summed E-state index contributed by atoms with van der Waals surface area (Å²) in [7, 11) is 0. The number of carbonyl (C=O) groups is 1. The maximum atomic E-state index is 11.4. The van der Waals surface area contributed by atoms with Crippen molar-refractivity contribution in [2.24, 2.45) is 11.3 Å². The number of hydrogen-bond donors (Lipinski definition) is 0. The molecule has 2 atom stereocenters. The fourth-order valence-corrected chi connectivity index (χ4v) is 2.65. The summed E-state index contributed by atoms with van der Waals surface area (Å²) in [5.74, 6) is 1.96. The molecule has 0 saturated heterocycles.